The lowest BCUT2D eigenvalue weighted by atomic mass is 9.97. The van der Waals surface area contributed by atoms with Crippen LogP contribution in [0.15, 0.2) is 16.6 Å². The van der Waals surface area contributed by atoms with Crippen molar-refractivity contribution in [3.63, 3.8) is 0 Å². The van der Waals surface area contributed by atoms with Gasteiger partial charge < -0.3 is 14.2 Å². The molecule has 4 rings (SSSR count). The summed E-state index contributed by atoms with van der Waals surface area (Å²) in [7, 11) is 1.48. The number of rotatable bonds is 1. The number of benzene rings is 1. The number of carbonyl (C=O) groups is 1. The van der Waals surface area contributed by atoms with Crippen LogP contribution in [0.4, 0.5) is 4.39 Å². The van der Waals surface area contributed by atoms with E-state index in [-0.39, 0.29) is 23.0 Å². The molecule has 2 aromatic rings. The third-order valence-corrected chi connectivity index (χ3v) is 6.71. The highest BCUT2D eigenvalue weighted by atomic mass is 79.9. The third-order valence-electron chi connectivity index (χ3n) is 5.85. The molecule has 0 N–H and O–H groups in total. The first-order chi connectivity index (χ1) is 13.2. The van der Waals surface area contributed by atoms with Gasteiger partial charge in [-0.1, -0.05) is 0 Å². The predicted molar refractivity (Wildman–Crippen MR) is 112 cm³/mol. The van der Waals surface area contributed by atoms with Gasteiger partial charge in [0.15, 0.2) is 11.6 Å². The minimum Gasteiger partial charge on any atom is -0.494 e. The molecule has 0 atom stereocenters. The number of hydrogen-bond acceptors (Lipinski definition) is 2. The maximum atomic E-state index is 14.5. The zero-order valence-corrected chi connectivity index (χ0v) is 18.5. The summed E-state index contributed by atoms with van der Waals surface area (Å²) in [5, 5.41) is 0. The number of nitrogens with zero attached hydrogens (tertiary/aromatic N) is 2. The Morgan fingerprint density at radius 3 is 2.54 bits per heavy atom. The van der Waals surface area contributed by atoms with Crippen molar-refractivity contribution in [3.05, 3.63) is 39.2 Å². The Morgan fingerprint density at radius 2 is 1.86 bits per heavy atom. The van der Waals surface area contributed by atoms with Crippen molar-refractivity contribution in [3.8, 4) is 17.0 Å². The van der Waals surface area contributed by atoms with E-state index < -0.39 is 0 Å². The molecule has 28 heavy (non-hydrogen) atoms. The van der Waals surface area contributed by atoms with Gasteiger partial charge in [0.2, 0.25) is 0 Å². The van der Waals surface area contributed by atoms with Gasteiger partial charge in [0, 0.05) is 28.7 Å². The highest BCUT2D eigenvalue weighted by Gasteiger charge is 2.36. The third kappa shape index (κ3) is 2.97. The van der Waals surface area contributed by atoms with Gasteiger partial charge in [0.1, 0.15) is 5.69 Å². The second kappa shape index (κ2) is 6.90. The maximum absolute atomic E-state index is 14.5. The molecule has 1 aromatic heterocycles. The first-order valence-corrected chi connectivity index (χ1v) is 10.6. The van der Waals surface area contributed by atoms with E-state index in [0.29, 0.717) is 6.54 Å². The van der Waals surface area contributed by atoms with Gasteiger partial charge >= 0.3 is 0 Å². The Kier molecular flexibility index (Phi) is 4.81. The van der Waals surface area contributed by atoms with Gasteiger partial charge in [-0.25, -0.2) is 4.39 Å². The van der Waals surface area contributed by atoms with E-state index in [4.69, 9.17) is 4.74 Å². The van der Waals surface area contributed by atoms with Crippen molar-refractivity contribution in [1.82, 2.24) is 9.47 Å². The first kappa shape index (κ1) is 19.5. The number of ether oxygens (including phenoxy) is 1. The summed E-state index contributed by atoms with van der Waals surface area (Å²) >= 11 is 3.77. The van der Waals surface area contributed by atoms with Gasteiger partial charge in [0.25, 0.3) is 5.91 Å². The summed E-state index contributed by atoms with van der Waals surface area (Å²) in [5.41, 5.74) is 4.39. The summed E-state index contributed by atoms with van der Waals surface area (Å²) in [4.78, 5) is 15.6. The van der Waals surface area contributed by atoms with E-state index in [1.807, 2.05) is 4.90 Å². The van der Waals surface area contributed by atoms with E-state index in [9.17, 15) is 9.18 Å². The molecule has 4 nitrogen and oxygen atoms in total. The largest absolute Gasteiger partial charge is 0.494 e. The Morgan fingerprint density at radius 1 is 1.11 bits per heavy atom. The summed E-state index contributed by atoms with van der Waals surface area (Å²) in [5.74, 6) is -0.0346. The molecular weight excluding hydrogens is 423 g/mol. The number of halogens is 2. The van der Waals surface area contributed by atoms with E-state index >= 15 is 0 Å². The van der Waals surface area contributed by atoms with Crippen molar-refractivity contribution in [1.29, 1.82) is 0 Å². The van der Waals surface area contributed by atoms with Crippen LogP contribution in [0.5, 0.6) is 5.75 Å². The second-order valence-electron chi connectivity index (χ2n) is 8.62. The molecule has 2 aliphatic rings. The smallest absolute Gasteiger partial charge is 0.271 e. The number of amides is 1. The number of fused-ring (bicyclic) bond motifs is 5. The minimum atomic E-state index is -0.377. The van der Waals surface area contributed by atoms with Crippen LogP contribution in [0.2, 0.25) is 0 Å². The average Bonchev–Trinajstić information content (AvgIpc) is 2.89. The van der Waals surface area contributed by atoms with Crippen LogP contribution in [0.3, 0.4) is 0 Å². The van der Waals surface area contributed by atoms with Crippen LogP contribution in [0.25, 0.3) is 11.3 Å². The molecule has 0 saturated carbocycles. The normalized spacial score (nSPS) is 16.8. The number of aryl methyl sites for hydroxylation is 1. The lowest BCUT2D eigenvalue weighted by molar-refractivity contribution is 0.0558. The molecule has 0 saturated heterocycles. The fraction of sp³-hybridized carbons (Fsp3) is 0.500. The molecule has 0 unspecified atom stereocenters. The zero-order chi connectivity index (χ0) is 20.2. The van der Waals surface area contributed by atoms with Crippen LogP contribution < -0.4 is 4.74 Å². The van der Waals surface area contributed by atoms with Crippen LogP contribution in [-0.2, 0) is 19.4 Å². The fourth-order valence-corrected chi connectivity index (χ4v) is 5.27. The van der Waals surface area contributed by atoms with Crippen LogP contribution in [-0.4, -0.2) is 34.6 Å². The standard InChI is InChI=1S/C22H26BrFN2O2/c1-22(2,3)26-9-6-5-7-14-18(23)19-15-12-16(24)17(28-4)11-13(15)8-10-25(19)20(14)21(26)27/h11-12H,5-10H2,1-4H3. The molecule has 6 heteroatoms. The molecule has 0 bridgehead atoms. The van der Waals surface area contributed by atoms with Gasteiger partial charge in [0.05, 0.1) is 12.8 Å². The monoisotopic (exact) mass is 448 g/mol. The predicted octanol–water partition coefficient (Wildman–Crippen LogP) is 5.20. The zero-order valence-electron chi connectivity index (χ0n) is 16.9. The molecular formula is C22H26BrFN2O2. The maximum Gasteiger partial charge on any atom is 0.271 e. The highest BCUT2D eigenvalue weighted by molar-refractivity contribution is 9.10. The molecule has 0 spiro atoms. The van der Waals surface area contributed by atoms with Gasteiger partial charge in [-0.3, -0.25) is 4.79 Å². The molecule has 1 aromatic carbocycles. The SMILES string of the molecule is COc1cc2c(cc1F)-c1c(Br)c3c(n1CC2)C(=O)N(C(C)(C)C)CCCC3. The Labute approximate surface area is 173 Å². The lowest BCUT2D eigenvalue weighted by Crippen LogP contribution is -2.47. The van der Waals surface area contributed by atoms with Crippen molar-refractivity contribution in [2.45, 2.75) is 58.5 Å². The minimum absolute atomic E-state index is 0.0755. The Balaban J connectivity index is 1.93. The quantitative estimate of drug-likeness (QED) is 0.600. The van der Waals surface area contributed by atoms with Crippen LogP contribution >= 0.6 is 15.9 Å². The van der Waals surface area contributed by atoms with Gasteiger partial charge in [-0.2, -0.15) is 0 Å². The highest BCUT2D eigenvalue weighted by Crippen LogP contribution is 2.44. The second-order valence-corrected chi connectivity index (χ2v) is 9.41. The van der Waals surface area contributed by atoms with Crippen LogP contribution in [0.1, 0.15) is 55.2 Å². The Hall–Kier alpha value is -1.82. The van der Waals surface area contributed by atoms with Crippen LogP contribution in [0, 0.1) is 5.82 Å². The van der Waals surface area contributed by atoms with Crippen molar-refractivity contribution >= 4 is 21.8 Å². The van der Waals surface area contributed by atoms with E-state index in [2.05, 4.69) is 41.3 Å². The van der Waals surface area contributed by atoms with E-state index in [1.54, 1.807) is 12.1 Å². The number of carbonyl (C=O) groups excluding carboxylic acids is 1. The molecule has 2 aliphatic heterocycles. The van der Waals surface area contributed by atoms with Crippen molar-refractivity contribution in [2.24, 2.45) is 0 Å². The summed E-state index contributed by atoms with van der Waals surface area (Å²) in [6.07, 6.45) is 3.61. The molecule has 150 valence electrons. The average molecular weight is 449 g/mol. The summed E-state index contributed by atoms with van der Waals surface area (Å²) in [6.45, 7) is 7.71. The topological polar surface area (TPSA) is 34.5 Å². The van der Waals surface area contributed by atoms with E-state index in [0.717, 1.165) is 64.8 Å². The Bertz CT molecular complexity index is 959. The number of hydrogen-bond donors (Lipinski definition) is 0. The summed E-state index contributed by atoms with van der Waals surface area (Å²) < 4.78 is 22.7. The molecule has 3 heterocycles. The molecule has 0 aliphatic carbocycles. The van der Waals surface area contributed by atoms with Crippen molar-refractivity contribution in [2.75, 3.05) is 13.7 Å². The van der Waals surface area contributed by atoms with Crippen molar-refractivity contribution < 1.29 is 13.9 Å². The first-order valence-electron chi connectivity index (χ1n) is 9.83. The number of methoxy groups -OCH3 is 1. The van der Waals surface area contributed by atoms with Gasteiger partial charge in [-0.05, 0) is 85.6 Å². The van der Waals surface area contributed by atoms with Gasteiger partial charge in [-0.15, -0.1) is 0 Å². The van der Waals surface area contributed by atoms with E-state index in [1.165, 1.54) is 7.11 Å². The fourth-order valence-electron chi connectivity index (χ4n) is 4.45. The molecule has 1 amide bonds. The number of aromatic nitrogens is 1. The molecule has 0 fully saturated rings. The summed E-state index contributed by atoms with van der Waals surface area (Å²) in [6, 6.07) is 3.33. The lowest BCUT2D eigenvalue weighted by Gasteiger charge is -2.37. The molecule has 0 radical (unpaired) electrons.